The predicted molar refractivity (Wildman–Crippen MR) is 63.7 cm³/mol. The van der Waals surface area contributed by atoms with Crippen LogP contribution in [0.4, 0.5) is 0 Å². The van der Waals surface area contributed by atoms with Crippen LogP contribution in [0.3, 0.4) is 0 Å². The summed E-state index contributed by atoms with van der Waals surface area (Å²) in [5, 5.41) is 9.40. The second kappa shape index (κ2) is 4.63. The summed E-state index contributed by atoms with van der Waals surface area (Å²) < 4.78 is 5.60. The van der Waals surface area contributed by atoms with E-state index in [0.29, 0.717) is 4.21 Å². The van der Waals surface area contributed by atoms with Crippen molar-refractivity contribution in [2.45, 2.75) is 9.10 Å². The number of hydrogen-bond acceptors (Lipinski definition) is 5. The molecule has 0 spiro atoms. The molecule has 0 saturated carbocycles. The molecule has 0 unspecified atom stereocenters. The van der Waals surface area contributed by atoms with Crippen LogP contribution in [0.2, 0.25) is 0 Å². The molecule has 0 saturated heterocycles. The van der Waals surface area contributed by atoms with Crippen molar-refractivity contribution in [3.8, 4) is 11.6 Å². The zero-order valence-corrected chi connectivity index (χ0v) is 10.0. The molecule has 1 aromatic heterocycles. The second-order valence-corrected chi connectivity index (χ2v) is 5.25. The van der Waals surface area contributed by atoms with Gasteiger partial charge in [-0.1, -0.05) is 23.1 Å². The average molecular weight is 255 g/mol. The zero-order valence-electron chi connectivity index (χ0n) is 8.39. The first-order valence-corrected chi connectivity index (χ1v) is 6.06. The number of benzene rings is 1. The SMILES string of the molecule is COc1ccc(Sc2sc(=O)[nH]c2O)cc1. The van der Waals surface area contributed by atoms with Crippen molar-refractivity contribution in [3.63, 3.8) is 0 Å². The van der Waals surface area contributed by atoms with Crippen LogP contribution in [-0.4, -0.2) is 17.2 Å². The molecule has 0 atom stereocenters. The van der Waals surface area contributed by atoms with Crippen molar-refractivity contribution in [2.75, 3.05) is 7.11 Å². The number of methoxy groups -OCH3 is 1. The van der Waals surface area contributed by atoms with Crippen LogP contribution in [0, 0.1) is 0 Å². The Morgan fingerprint density at radius 2 is 2.06 bits per heavy atom. The van der Waals surface area contributed by atoms with E-state index in [1.54, 1.807) is 7.11 Å². The van der Waals surface area contributed by atoms with Gasteiger partial charge in [-0.15, -0.1) is 0 Å². The average Bonchev–Trinajstić information content (AvgIpc) is 2.59. The fraction of sp³-hybridized carbons (Fsp3) is 0.100. The van der Waals surface area contributed by atoms with Gasteiger partial charge in [-0.05, 0) is 24.3 Å². The predicted octanol–water partition coefficient (Wildman–Crippen LogP) is 2.30. The standard InChI is InChI=1S/C10H9NO3S2/c1-14-6-2-4-7(5-3-6)15-9-8(12)11-10(13)16-9/h2-5,12H,1H3,(H,11,13). The first kappa shape index (κ1) is 11.1. The lowest BCUT2D eigenvalue weighted by Crippen LogP contribution is -1.89. The number of H-pyrrole nitrogens is 1. The summed E-state index contributed by atoms with van der Waals surface area (Å²) in [6.45, 7) is 0. The van der Waals surface area contributed by atoms with Gasteiger partial charge < -0.3 is 9.84 Å². The highest BCUT2D eigenvalue weighted by atomic mass is 32.2. The molecule has 4 nitrogen and oxygen atoms in total. The lowest BCUT2D eigenvalue weighted by Gasteiger charge is -2.01. The van der Waals surface area contributed by atoms with Gasteiger partial charge in [0.05, 0.1) is 7.11 Å². The first-order valence-electron chi connectivity index (χ1n) is 4.43. The summed E-state index contributed by atoms with van der Waals surface area (Å²) in [6.07, 6.45) is 0. The van der Waals surface area contributed by atoms with E-state index in [-0.39, 0.29) is 10.8 Å². The zero-order chi connectivity index (χ0) is 11.5. The minimum absolute atomic E-state index is 0.0733. The first-order chi connectivity index (χ1) is 7.69. The van der Waals surface area contributed by atoms with Crippen LogP contribution in [0.25, 0.3) is 0 Å². The molecule has 2 aromatic rings. The van der Waals surface area contributed by atoms with Crippen molar-refractivity contribution in [1.29, 1.82) is 0 Å². The van der Waals surface area contributed by atoms with E-state index in [1.165, 1.54) is 11.8 Å². The van der Waals surface area contributed by atoms with Gasteiger partial charge in [-0.3, -0.25) is 9.78 Å². The fourth-order valence-electron chi connectivity index (χ4n) is 1.13. The maximum atomic E-state index is 11.0. The smallest absolute Gasteiger partial charge is 0.308 e. The molecule has 0 radical (unpaired) electrons. The number of hydrogen-bond donors (Lipinski definition) is 2. The Bertz CT molecular complexity index is 530. The van der Waals surface area contributed by atoms with Gasteiger partial charge in [0.25, 0.3) is 0 Å². The van der Waals surface area contributed by atoms with Crippen molar-refractivity contribution >= 4 is 23.1 Å². The van der Waals surface area contributed by atoms with Crippen LogP contribution in [0.5, 0.6) is 11.6 Å². The Kier molecular flexibility index (Phi) is 3.21. The molecule has 2 rings (SSSR count). The quantitative estimate of drug-likeness (QED) is 0.883. The lowest BCUT2D eigenvalue weighted by atomic mass is 10.3. The Balaban J connectivity index is 2.20. The summed E-state index contributed by atoms with van der Waals surface area (Å²) in [6, 6.07) is 7.39. The van der Waals surface area contributed by atoms with Crippen LogP contribution in [0.15, 0.2) is 38.2 Å². The second-order valence-electron chi connectivity index (χ2n) is 2.93. The van der Waals surface area contributed by atoms with E-state index in [2.05, 4.69) is 4.98 Å². The summed E-state index contributed by atoms with van der Waals surface area (Å²) in [7, 11) is 1.60. The van der Waals surface area contributed by atoms with Crippen molar-refractivity contribution in [1.82, 2.24) is 4.98 Å². The minimum atomic E-state index is -0.256. The summed E-state index contributed by atoms with van der Waals surface area (Å²) in [5.74, 6) is 0.701. The molecule has 84 valence electrons. The Labute approximate surface area is 99.9 Å². The van der Waals surface area contributed by atoms with Gasteiger partial charge in [0.1, 0.15) is 9.96 Å². The number of aromatic hydroxyl groups is 1. The summed E-state index contributed by atoms with van der Waals surface area (Å²) in [5.41, 5.74) is 0. The molecule has 0 aliphatic rings. The molecule has 0 bridgehead atoms. The van der Waals surface area contributed by atoms with E-state index in [1.807, 2.05) is 24.3 Å². The molecule has 0 amide bonds. The summed E-state index contributed by atoms with van der Waals surface area (Å²) in [4.78, 5) is 14.0. The maximum absolute atomic E-state index is 11.0. The van der Waals surface area contributed by atoms with E-state index in [4.69, 9.17) is 4.74 Å². The van der Waals surface area contributed by atoms with Gasteiger partial charge in [0.15, 0.2) is 0 Å². The third-order valence-electron chi connectivity index (χ3n) is 1.87. The Morgan fingerprint density at radius 1 is 1.38 bits per heavy atom. The maximum Gasteiger partial charge on any atom is 0.308 e. The van der Waals surface area contributed by atoms with Gasteiger partial charge >= 0.3 is 4.87 Å². The molecule has 0 aliphatic heterocycles. The molecular formula is C10H9NO3S2. The molecule has 0 aliphatic carbocycles. The third kappa shape index (κ3) is 2.40. The van der Waals surface area contributed by atoms with Gasteiger partial charge in [0, 0.05) is 4.90 Å². The lowest BCUT2D eigenvalue weighted by molar-refractivity contribution is 0.414. The van der Waals surface area contributed by atoms with E-state index in [9.17, 15) is 9.90 Å². The molecule has 2 N–H and O–H groups in total. The molecule has 1 heterocycles. The van der Waals surface area contributed by atoms with E-state index >= 15 is 0 Å². The highest BCUT2D eigenvalue weighted by Gasteiger charge is 2.08. The Morgan fingerprint density at radius 3 is 2.56 bits per heavy atom. The van der Waals surface area contributed by atoms with E-state index < -0.39 is 0 Å². The number of aromatic amines is 1. The van der Waals surface area contributed by atoms with Crippen LogP contribution < -0.4 is 9.61 Å². The van der Waals surface area contributed by atoms with Crippen molar-refractivity contribution in [3.05, 3.63) is 33.9 Å². The molecule has 1 aromatic carbocycles. The third-order valence-corrected chi connectivity index (χ3v) is 3.92. The van der Waals surface area contributed by atoms with Crippen molar-refractivity contribution in [2.24, 2.45) is 0 Å². The fourth-order valence-corrected chi connectivity index (χ4v) is 2.91. The highest BCUT2D eigenvalue weighted by Crippen LogP contribution is 2.35. The number of aromatic nitrogens is 1. The Hall–Kier alpha value is -1.40. The largest absolute Gasteiger partial charge is 0.497 e. The molecule has 0 fully saturated rings. The number of ether oxygens (including phenoxy) is 1. The number of nitrogens with one attached hydrogen (secondary N) is 1. The molecule has 16 heavy (non-hydrogen) atoms. The van der Waals surface area contributed by atoms with Crippen molar-refractivity contribution < 1.29 is 9.84 Å². The normalized spacial score (nSPS) is 10.3. The van der Waals surface area contributed by atoms with Gasteiger partial charge in [0.2, 0.25) is 5.88 Å². The van der Waals surface area contributed by atoms with Crippen LogP contribution >= 0.6 is 23.1 Å². The van der Waals surface area contributed by atoms with Crippen LogP contribution in [0.1, 0.15) is 0 Å². The molecular weight excluding hydrogens is 246 g/mol. The summed E-state index contributed by atoms with van der Waals surface area (Å²) >= 11 is 2.33. The van der Waals surface area contributed by atoms with Crippen LogP contribution in [-0.2, 0) is 0 Å². The molecule has 6 heteroatoms. The minimum Gasteiger partial charge on any atom is -0.497 e. The van der Waals surface area contributed by atoms with Gasteiger partial charge in [-0.2, -0.15) is 0 Å². The van der Waals surface area contributed by atoms with E-state index in [0.717, 1.165) is 22.0 Å². The topological polar surface area (TPSA) is 62.3 Å². The monoisotopic (exact) mass is 255 g/mol. The highest BCUT2D eigenvalue weighted by molar-refractivity contribution is 8.01. The van der Waals surface area contributed by atoms with Gasteiger partial charge in [-0.25, -0.2) is 0 Å². The number of thiazole rings is 1. The number of rotatable bonds is 3.